The topological polar surface area (TPSA) is 90.3 Å². The lowest BCUT2D eigenvalue weighted by Gasteiger charge is -2.26. The number of carbonyl (C=O) groups is 1. The van der Waals surface area contributed by atoms with Crippen LogP contribution in [0.4, 0.5) is 5.69 Å². The molecule has 22 heavy (non-hydrogen) atoms. The minimum Gasteiger partial charge on any atom is -0.359 e. The monoisotopic (exact) mass is 405 g/mol. The molecule has 1 saturated heterocycles. The molecule has 0 aliphatic carbocycles. The van der Waals surface area contributed by atoms with Crippen LogP contribution in [0.25, 0.3) is 0 Å². The van der Waals surface area contributed by atoms with Crippen LogP contribution < -0.4 is 9.62 Å². The van der Waals surface area contributed by atoms with Gasteiger partial charge in [0.05, 0.1) is 11.1 Å². The molecule has 1 aliphatic rings. The highest BCUT2D eigenvalue weighted by Crippen LogP contribution is 2.31. The summed E-state index contributed by atoms with van der Waals surface area (Å²) >= 11 is 9.28. The number of amides is 1. The molecule has 0 spiro atoms. The molecule has 1 aromatic carbocycles. The number of carbonyl (C=O) groups excluding carboxylic acids is 1. The number of halogens is 2. The van der Waals surface area contributed by atoms with Gasteiger partial charge in [0.2, 0.25) is 10.0 Å². The Hall–Kier alpha value is -1.30. The molecule has 0 radical (unpaired) electrons. The number of sulfonamides is 1. The van der Waals surface area contributed by atoms with E-state index in [0.717, 1.165) is 12.1 Å². The zero-order chi connectivity index (χ0) is 16.3. The van der Waals surface area contributed by atoms with Crippen molar-refractivity contribution >= 4 is 49.1 Å². The molecule has 0 bridgehead atoms. The van der Waals surface area contributed by atoms with Crippen molar-refractivity contribution in [3.63, 3.8) is 0 Å². The second-order valence-corrected chi connectivity index (χ2v) is 7.82. The van der Waals surface area contributed by atoms with Crippen LogP contribution in [0.2, 0.25) is 5.02 Å². The van der Waals surface area contributed by atoms with Crippen LogP contribution in [0, 0.1) is 11.3 Å². The van der Waals surface area contributed by atoms with Gasteiger partial charge in [0.1, 0.15) is 6.04 Å². The van der Waals surface area contributed by atoms with Crippen LogP contribution in [0.15, 0.2) is 22.7 Å². The molecule has 6 nitrogen and oxygen atoms in total. The number of rotatable bonds is 4. The van der Waals surface area contributed by atoms with Gasteiger partial charge < -0.3 is 4.90 Å². The number of hydrogen-bond acceptors (Lipinski definition) is 5. The zero-order valence-corrected chi connectivity index (χ0v) is 14.6. The van der Waals surface area contributed by atoms with Crippen molar-refractivity contribution in [3.05, 3.63) is 27.7 Å². The summed E-state index contributed by atoms with van der Waals surface area (Å²) in [5.74, 6) is -1.35. The average molecular weight is 407 g/mol. The molecule has 0 saturated carbocycles. The van der Waals surface area contributed by atoms with Crippen LogP contribution in [-0.4, -0.2) is 32.7 Å². The number of benzene rings is 1. The van der Waals surface area contributed by atoms with Crippen molar-refractivity contribution in [2.24, 2.45) is 0 Å². The van der Waals surface area contributed by atoms with Crippen molar-refractivity contribution in [2.75, 3.05) is 17.2 Å². The number of nitriles is 1. The maximum atomic E-state index is 12.2. The fourth-order valence-electron chi connectivity index (χ4n) is 2.35. The van der Waals surface area contributed by atoms with Crippen LogP contribution in [-0.2, 0) is 14.8 Å². The predicted molar refractivity (Wildman–Crippen MR) is 87.1 cm³/mol. The average Bonchev–Trinajstić information content (AvgIpc) is 2.90. The van der Waals surface area contributed by atoms with Crippen LogP contribution in [0.3, 0.4) is 0 Å². The molecular formula is C13H13BrClN3O3S. The molecule has 118 valence electrons. The van der Waals surface area contributed by atoms with Gasteiger partial charge in [-0.3, -0.25) is 9.52 Å². The molecule has 0 unspecified atom stereocenters. The predicted octanol–water partition coefficient (Wildman–Crippen LogP) is 2.04. The van der Waals surface area contributed by atoms with Gasteiger partial charge in [0.25, 0.3) is 5.91 Å². The van der Waals surface area contributed by atoms with Gasteiger partial charge in [0.15, 0.2) is 5.75 Å². The molecule has 1 heterocycles. The van der Waals surface area contributed by atoms with E-state index < -0.39 is 27.7 Å². The lowest BCUT2D eigenvalue weighted by Crippen LogP contribution is -2.46. The molecule has 0 aromatic heterocycles. The van der Waals surface area contributed by atoms with Gasteiger partial charge in [-0.25, -0.2) is 8.42 Å². The largest absolute Gasteiger partial charge is 0.359 e. The molecule has 1 amide bonds. The first-order chi connectivity index (χ1) is 10.3. The molecule has 1 fully saturated rings. The van der Waals surface area contributed by atoms with Crippen molar-refractivity contribution in [3.8, 4) is 6.07 Å². The molecule has 9 heteroatoms. The first kappa shape index (κ1) is 17.1. The van der Waals surface area contributed by atoms with Gasteiger partial charge in [-0.05, 0) is 47.0 Å². The quantitative estimate of drug-likeness (QED) is 0.826. The van der Waals surface area contributed by atoms with E-state index in [4.69, 9.17) is 16.9 Å². The number of anilines is 1. The van der Waals surface area contributed by atoms with Crippen LogP contribution in [0.5, 0.6) is 0 Å². The summed E-state index contributed by atoms with van der Waals surface area (Å²) in [4.78, 5) is 14.0. The van der Waals surface area contributed by atoms with Gasteiger partial charge in [0, 0.05) is 16.7 Å². The van der Waals surface area contributed by atoms with Crippen molar-refractivity contribution in [1.82, 2.24) is 4.72 Å². The van der Waals surface area contributed by atoms with Crippen LogP contribution in [0.1, 0.15) is 12.8 Å². The second kappa shape index (κ2) is 6.86. The standard InChI is InChI=1S/C13H13BrClN3O3S/c14-10-8-9(3-4-11(10)15)18-6-1-2-12(18)13(19)17-22(20,21)7-5-16/h3-4,8,12H,1-2,6-7H2,(H,17,19)/t12-/m1/s1. The summed E-state index contributed by atoms with van der Waals surface area (Å²) in [5.41, 5.74) is 0.784. The summed E-state index contributed by atoms with van der Waals surface area (Å²) < 4.78 is 25.7. The molecule has 1 aliphatic heterocycles. The van der Waals surface area contributed by atoms with Crippen molar-refractivity contribution < 1.29 is 13.2 Å². The van der Waals surface area contributed by atoms with Gasteiger partial charge in [-0.15, -0.1) is 0 Å². The second-order valence-electron chi connectivity index (χ2n) is 4.83. The Morgan fingerprint density at radius 3 is 2.91 bits per heavy atom. The highest BCUT2D eigenvalue weighted by atomic mass is 79.9. The third-order valence-electron chi connectivity index (χ3n) is 3.30. The SMILES string of the molecule is N#CCS(=O)(=O)NC(=O)[C@H]1CCCN1c1ccc(Cl)c(Br)c1. The fourth-order valence-corrected chi connectivity index (χ4v) is 3.52. The third-order valence-corrected chi connectivity index (χ3v) is 5.54. The Labute approximate surface area is 142 Å². The molecule has 1 atom stereocenters. The Morgan fingerprint density at radius 1 is 1.55 bits per heavy atom. The highest BCUT2D eigenvalue weighted by molar-refractivity contribution is 9.10. The van der Waals surface area contributed by atoms with E-state index in [0.29, 0.717) is 22.5 Å². The van der Waals surface area contributed by atoms with Gasteiger partial charge >= 0.3 is 0 Å². The van der Waals surface area contributed by atoms with E-state index in [1.807, 2.05) is 9.62 Å². The van der Waals surface area contributed by atoms with E-state index >= 15 is 0 Å². The maximum absolute atomic E-state index is 12.2. The third kappa shape index (κ3) is 3.91. The highest BCUT2D eigenvalue weighted by Gasteiger charge is 2.33. The summed E-state index contributed by atoms with van der Waals surface area (Å²) in [7, 11) is -3.91. The Bertz CT molecular complexity index is 733. The Kier molecular flexibility index (Phi) is 5.32. The first-order valence-electron chi connectivity index (χ1n) is 6.47. The van der Waals surface area contributed by atoms with E-state index in [1.54, 1.807) is 18.2 Å². The number of hydrogen-bond donors (Lipinski definition) is 1. The summed E-state index contributed by atoms with van der Waals surface area (Å²) in [6, 6.07) is 6.22. The maximum Gasteiger partial charge on any atom is 0.256 e. The van der Waals surface area contributed by atoms with E-state index in [9.17, 15) is 13.2 Å². The lowest BCUT2D eigenvalue weighted by atomic mass is 10.2. The molecule has 2 rings (SSSR count). The lowest BCUT2D eigenvalue weighted by molar-refractivity contribution is -0.120. The minimum absolute atomic E-state index is 0.550. The minimum atomic E-state index is -3.91. The number of nitrogens with zero attached hydrogens (tertiary/aromatic N) is 2. The molecule has 1 aromatic rings. The Morgan fingerprint density at radius 2 is 2.27 bits per heavy atom. The van der Waals surface area contributed by atoms with E-state index in [2.05, 4.69) is 15.9 Å². The van der Waals surface area contributed by atoms with Crippen LogP contribution >= 0.6 is 27.5 Å². The van der Waals surface area contributed by atoms with E-state index in [1.165, 1.54) is 6.07 Å². The molecule has 1 N–H and O–H groups in total. The Balaban J connectivity index is 2.18. The first-order valence-corrected chi connectivity index (χ1v) is 9.29. The number of nitrogens with one attached hydrogen (secondary N) is 1. The van der Waals surface area contributed by atoms with Crippen molar-refractivity contribution in [1.29, 1.82) is 5.26 Å². The smallest absolute Gasteiger partial charge is 0.256 e. The van der Waals surface area contributed by atoms with Gasteiger partial charge in [-0.2, -0.15) is 5.26 Å². The normalized spacial score (nSPS) is 18.0. The summed E-state index contributed by atoms with van der Waals surface area (Å²) in [6.07, 6.45) is 1.32. The molecular weight excluding hydrogens is 394 g/mol. The summed E-state index contributed by atoms with van der Waals surface area (Å²) in [6.45, 7) is 0.643. The summed E-state index contributed by atoms with van der Waals surface area (Å²) in [5, 5.41) is 9.01. The zero-order valence-electron chi connectivity index (χ0n) is 11.4. The van der Waals surface area contributed by atoms with E-state index in [-0.39, 0.29) is 0 Å². The fraction of sp³-hybridized carbons (Fsp3) is 0.385. The van der Waals surface area contributed by atoms with Gasteiger partial charge in [-0.1, -0.05) is 11.6 Å². The van der Waals surface area contributed by atoms with Crippen molar-refractivity contribution in [2.45, 2.75) is 18.9 Å².